The van der Waals surface area contributed by atoms with Crippen molar-refractivity contribution in [3.8, 4) is 23.3 Å². The van der Waals surface area contributed by atoms with Gasteiger partial charge in [-0.1, -0.05) is 42.5 Å². The minimum absolute atomic E-state index is 0.339. The van der Waals surface area contributed by atoms with Crippen LogP contribution in [0.1, 0.15) is 21.5 Å². The molecule has 144 valence electrons. The molecule has 29 heavy (non-hydrogen) atoms. The summed E-state index contributed by atoms with van der Waals surface area (Å²) in [5, 5.41) is 9.47. The van der Waals surface area contributed by atoms with Crippen LogP contribution in [0.3, 0.4) is 0 Å². The maximum absolute atomic E-state index is 12.5. The van der Waals surface area contributed by atoms with Gasteiger partial charge in [-0.05, 0) is 47.5 Å². The number of hydrogen-bond donors (Lipinski definition) is 0. The average Bonchev–Trinajstić information content (AvgIpc) is 2.77. The summed E-state index contributed by atoms with van der Waals surface area (Å²) in [5.41, 5.74) is 2.44. The molecule has 0 aliphatic rings. The van der Waals surface area contributed by atoms with Gasteiger partial charge in [0.2, 0.25) is 0 Å². The molecule has 3 aromatic rings. The fraction of sp³-hybridized carbons (Fsp3) is 0.0833. The van der Waals surface area contributed by atoms with Crippen molar-refractivity contribution in [1.82, 2.24) is 0 Å². The Morgan fingerprint density at radius 2 is 1.62 bits per heavy atom. The molecule has 3 rings (SSSR count). The Kier molecular flexibility index (Phi) is 6.29. The Morgan fingerprint density at radius 3 is 2.31 bits per heavy atom. The second kappa shape index (κ2) is 9.25. The lowest BCUT2D eigenvalue weighted by Crippen LogP contribution is -2.09. The van der Waals surface area contributed by atoms with Crippen LogP contribution < -0.4 is 14.2 Å². The van der Waals surface area contributed by atoms with Crippen molar-refractivity contribution in [3.05, 3.63) is 89.5 Å². The number of rotatable bonds is 6. The molecule has 0 atom stereocenters. The topological polar surface area (TPSA) is 68.5 Å². The van der Waals surface area contributed by atoms with Crippen molar-refractivity contribution in [2.45, 2.75) is 0 Å². The van der Waals surface area contributed by atoms with Crippen LogP contribution in [0, 0.1) is 11.3 Å². The third-order valence-corrected chi connectivity index (χ3v) is 4.20. The Balaban J connectivity index is 1.82. The molecular formula is C24H19NO4. The largest absolute Gasteiger partial charge is 0.493 e. The van der Waals surface area contributed by atoms with Gasteiger partial charge in [0, 0.05) is 0 Å². The maximum atomic E-state index is 12.5. The molecule has 0 aliphatic heterocycles. The number of hydrogen-bond acceptors (Lipinski definition) is 5. The lowest BCUT2D eigenvalue weighted by Gasteiger charge is -2.10. The molecule has 5 heteroatoms. The van der Waals surface area contributed by atoms with Crippen LogP contribution in [-0.2, 0) is 0 Å². The summed E-state index contributed by atoms with van der Waals surface area (Å²) < 4.78 is 15.9. The number of allylic oxidation sites excluding steroid dienone is 1. The van der Waals surface area contributed by atoms with E-state index in [2.05, 4.69) is 6.07 Å². The van der Waals surface area contributed by atoms with Gasteiger partial charge in [-0.15, -0.1) is 0 Å². The van der Waals surface area contributed by atoms with Crippen molar-refractivity contribution in [1.29, 1.82) is 5.26 Å². The summed E-state index contributed by atoms with van der Waals surface area (Å²) >= 11 is 0. The molecule has 0 amide bonds. The Bertz CT molecular complexity index is 1080. The van der Waals surface area contributed by atoms with Crippen LogP contribution in [0.2, 0.25) is 0 Å². The normalized spacial score (nSPS) is 10.7. The third kappa shape index (κ3) is 4.82. The standard InChI is InChI=1S/C24H19NO4/c1-27-22-12-11-19(15-23(22)28-2)24(26)29-21-10-6-7-17(14-21)13-20(16-25)18-8-4-3-5-9-18/h3-15H,1-2H3/b20-13-. The van der Waals surface area contributed by atoms with E-state index >= 15 is 0 Å². The number of benzene rings is 3. The predicted octanol–water partition coefficient (Wildman–Crippen LogP) is 4.99. The minimum Gasteiger partial charge on any atom is -0.493 e. The first-order chi connectivity index (χ1) is 14.1. The number of esters is 1. The number of ether oxygens (including phenoxy) is 3. The highest BCUT2D eigenvalue weighted by atomic mass is 16.5. The lowest BCUT2D eigenvalue weighted by atomic mass is 10.0. The highest BCUT2D eigenvalue weighted by Crippen LogP contribution is 2.28. The molecule has 0 bridgehead atoms. The van der Waals surface area contributed by atoms with E-state index in [0.717, 1.165) is 11.1 Å². The molecule has 0 aliphatic carbocycles. The third-order valence-electron chi connectivity index (χ3n) is 4.20. The second-order valence-electron chi connectivity index (χ2n) is 6.07. The Morgan fingerprint density at radius 1 is 0.862 bits per heavy atom. The van der Waals surface area contributed by atoms with Crippen LogP contribution >= 0.6 is 0 Å². The van der Waals surface area contributed by atoms with Crippen LogP contribution in [0.25, 0.3) is 11.6 Å². The average molecular weight is 385 g/mol. The fourth-order valence-electron chi connectivity index (χ4n) is 2.76. The maximum Gasteiger partial charge on any atom is 0.343 e. The van der Waals surface area contributed by atoms with Gasteiger partial charge < -0.3 is 14.2 Å². The zero-order chi connectivity index (χ0) is 20.6. The molecule has 0 N–H and O–H groups in total. The zero-order valence-electron chi connectivity index (χ0n) is 16.1. The Labute approximate surface area is 169 Å². The number of carbonyl (C=O) groups is 1. The molecule has 0 fully saturated rings. The second-order valence-corrected chi connectivity index (χ2v) is 6.07. The van der Waals surface area contributed by atoms with Gasteiger partial charge >= 0.3 is 5.97 Å². The molecule has 0 spiro atoms. The summed E-state index contributed by atoms with van der Waals surface area (Å²) in [7, 11) is 3.03. The monoisotopic (exact) mass is 385 g/mol. The number of nitrogens with zero attached hydrogens (tertiary/aromatic N) is 1. The van der Waals surface area contributed by atoms with Crippen LogP contribution in [-0.4, -0.2) is 20.2 Å². The molecule has 0 saturated carbocycles. The van der Waals surface area contributed by atoms with Crippen molar-refractivity contribution < 1.29 is 19.0 Å². The van der Waals surface area contributed by atoms with E-state index in [1.54, 1.807) is 42.5 Å². The van der Waals surface area contributed by atoms with Crippen molar-refractivity contribution in [3.63, 3.8) is 0 Å². The summed E-state index contributed by atoms with van der Waals surface area (Å²) in [6, 6.07) is 23.4. The van der Waals surface area contributed by atoms with Crippen LogP contribution in [0.15, 0.2) is 72.8 Å². The first-order valence-corrected chi connectivity index (χ1v) is 8.86. The van der Waals surface area contributed by atoms with E-state index in [-0.39, 0.29) is 0 Å². The molecule has 0 radical (unpaired) electrons. The van der Waals surface area contributed by atoms with Gasteiger partial charge in [-0.2, -0.15) is 5.26 Å². The van der Waals surface area contributed by atoms with Gasteiger partial charge in [0.25, 0.3) is 0 Å². The van der Waals surface area contributed by atoms with E-state index in [0.29, 0.717) is 28.4 Å². The van der Waals surface area contributed by atoms with Crippen molar-refractivity contribution in [2.24, 2.45) is 0 Å². The zero-order valence-corrected chi connectivity index (χ0v) is 16.1. The van der Waals surface area contributed by atoms with E-state index in [4.69, 9.17) is 14.2 Å². The van der Waals surface area contributed by atoms with Gasteiger partial charge in [0.15, 0.2) is 11.5 Å². The van der Waals surface area contributed by atoms with E-state index < -0.39 is 5.97 Å². The highest BCUT2D eigenvalue weighted by Gasteiger charge is 2.13. The lowest BCUT2D eigenvalue weighted by molar-refractivity contribution is 0.0734. The van der Waals surface area contributed by atoms with Gasteiger partial charge in [0.05, 0.1) is 31.4 Å². The predicted molar refractivity (Wildman–Crippen MR) is 111 cm³/mol. The summed E-state index contributed by atoms with van der Waals surface area (Å²) in [6.07, 6.45) is 1.75. The summed E-state index contributed by atoms with van der Waals surface area (Å²) in [5.74, 6) is 0.834. The number of methoxy groups -OCH3 is 2. The molecule has 5 nitrogen and oxygen atoms in total. The Hall–Kier alpha value is -4.04. The first-order valence-electron chi connectivity index (χ1n) is 8.86. The van der Waals surface area contributed by atoms with Crippen molar-refractivity contribution in [2.75, 3.05) is 14.2 Å². The summed E-state index contributed by atoms with van der Waals surface area (Å²) in [4.78, 5) is 12.5. The van der Waals surface area contributed by atoms with Crippen molar-refractivity contribution >= 4 is 17.6 Å². The van der Waals surface area contributed by atoms with Gasteiger partial charge in [0.1, 0.15) is 5.75 Å². The first kappa shape index (κ1) is 19.7. The fourth-order valence-corrected chi connectivity index (χ4v) is 2.76. The minimum atomic E-state index is -0.518. The summed E-state index contributed by atoms with van der Waals surface area (Å²) in [6.45, 7) is 0. The molecule has 3 aromatic carbocycles. The molecule has 0 heterocycles. The molecule has 0 saturated heterocycles. The van der Waals surface area contributed by atoms with Gasteiger partial charge in [-0.3, -0.25) is 0 Å². The van der Waals surface area contributed by atoms with E-state index in [1.807, 2.05) is 36.4 Å². The number of nitriles is 1. The van der Waals surface area contributed by atoms with E-state index in [9.17, 15) is 10.1 Å². The SMILES string of the molecule is COc1ccc(C(=O)Oc2cccc(/C=C(/C#N)c3ccccc3)c2)cc1OC. The quantitative estimate of drug-likeness (QED) is 0.259. The molecule has 0 aromatic heterocycles. The van der Waals surface area contributed by atoms with Crippen LogP contribution in [0.5, 0.6) is 17.2 Å². The highest BCUT2D eigenvalue weighted by molar-refractivity contribution is 5.92. The smallest absolute Gasteiger partial charge is 0.343 e. The van der Waals surface area contributed by atoms with E-state index in [1.165, 1.54) is 14.2 Å². The molecular weight excluding hydrogens is 366 g/mol. The molecule has 0 unspecified atom stereocenters. The van der Waals surface area contributed by atoms with Gasteiger partial charge in [-0.25, -0.2) is 4.79 Å². The van der Waals surface area contributed by atoms with Crippen LogP contribution in [0.4, 0.5) is 0 Å². The number of carbonyl (C=O) groups excluding carboxylic acids is 1.